The number of para-hydroxylation sites is 1. The fourth-order valence-electron chi connectivity index (χ4n) is 4.71. The van der Waals surface area contributed by atoms with E-state index >= 15 is 0 Å². The predicted molar refractivity (Wildman–Crippen MR) is 137 cm³/mol. The van der Waals surface area contributed by atoms with Crippen molar-refractivity contribution in [3.63, 3.8) is 0 Å². The highest BCUT2D eigenvalue weighted by molar-refractivity contribution is 9.10. The zero-order valence-electron chi connectivity index (χ0n) is 19.6. The van der Waals surface area contributed by atoms with Crippen molar-refractivity contribution in [3.05, 3.63) is 69.2 Å². The Morgan fingerprint density at radius 1 is 1.09 bits per heavy atom. The standard InChI is InChI=1S/C27H32BrN3O2/c1-18(2)16-17-30(26(32)20-8-4-5-9-20)19(3)25-29-24-11-7-6-10-23(24)27(33)31(25)22-14-12-21(28)13-15-22/h6-7,10-15,18-20H,4-5,8-9,16-17H2,1-3H3. The summed E-state index contributed by atoms with van der Waals surface area (Å²) in [4.78, 5) is 34.2. The molecule has 1 unspecified atom stereocenters. The fraction of sp³-hybridized carbons (Fsp3) is 0.444. The van der Waals surface area contributed by atoms with Crippen molar-refractivity contribution in [2.75, 3.05) is 6.54 Å². The molecule has 174 valence electrons. The van der Waals surface area contributed by atoms with Crippen LogP contribution in [0.4, 0.5) is 0 Å². The van der Waals surface area contributed by atoms with E-state index in [1.165, 1.54) is 0 Å². The van der Waals surface area contributed by atoms with Gasteiger partial charge in [0.25, 0.3) is 5.56 Å². The van der Waals surface area contributed by atoms with Crippen LogP contribution in [-0.4, -0.2) is 26.9 Å². The number of rotatable bonds is 7. The van der Waals surface area contributed by atoms with Gasteiger partial charge < -0.3 is 4.90 Å². The van der Waals surface area contributed by atoms with Crippen LogP contribution in [0.5, 0.6) is 0 Å². The van der Waals surface area contributed by atoms with Crippen molar-refractivity contribution in [1.82, 2.24) is 14.5 Å². The maximum absolute atomic E-state index is 13.7. The molecule has 1 heterocycles. The van der Waals surface area contributed by atoms with Crippen LogP contribution in [0.1, 0.15) is 64.7 Å². The van der Waals surface area contributed by atoms with E-state index in [0.29, 0.717) is 29.2 Å². The average molecular weight is 510 g/mol. The first-order valence-electron chi connectivity index (χ1n) is 11.9. The molecule has 1 aliphatic rings. The van der Waals surface area contributed by atoms with E-state index in [0.717, 1.165) is 42.3 Å². The van der Waals surface area contributed by atoms with Crippen molar-refractivity contribution in [3.8, 4) is 5.69 Å². The molecule has 1 amide bonds. The van der Waals surface area contributed by atoms with Gasteiger partial charge in [-0.25, -0.2) is 4.98 Å². The van der Waals surface area contributed by atoms with Crippen LogP contribution < -0.4 is 5.56 Å². The van der Waals surface area contributed by atoms with E-state index in [1.807, 2.05) is 60.4 Å². The molecule has 1 aromatic heterocycles. The van der Waals surface area contributed by atoms with E-state index in [2.05, 4.69) is 29.8 Å². The van der Waals surface area contributed by atoms with Crippen molar-refractivity contribution in [1.29, 1.82) is 0 Å². The first-order chi connectivity index (χ1) is 15.9. The van der Waals surface area contributed by atoms with E-state index in [9.17, 15) is 9.59 Å². The zero-order chi connectivity index (χ0) is 23.5. The summed E-state index contributed by atoms with van der Waals surface area (Å²) in [5.41, 5.74) is 1.30. The average Bonchev–Trinajstić information content (AvgIpc) is 3.34. The second kappa shape index (κ2) is 10.2. The van der Waals surface area contributed by atoms with Crippen molar-refractivity contribution in [2.45, 2.75) is 58.9 Å². The molecule has 0 N–H and O–H groups in total. The molecule has 5 nitrogen and oxygen atoms in total. The summed E-state index contributed by atoms with van der Waals surface area (Å²) in [6.07, 6.45) is 5.04. The lowest BCUT2D eigenvalue weighted by Gasteiger charge is -2.33. The normalized spacial score (nSPS) is 15.3. The van der Waals surface area contributed by atoms with Crippen LogP contribution in [0.15, 0.2) is 57.8 Å². The zero-order valence-corrected chi connectivity index (χ0v) is 21.2. The lowest BCUT2D eigenvalue weighted by molar-refractivity contribution is -0.138. The first-order valence-corrected chi connectivity index (χ1v) is 12.7. The molecule has 3 aromatic rings. The number of benzene rings is 2. The quantitative estimate of drug-likeness (QED) is 0.376. The number of carbonyl (C=O) groups is 1. The summed E-state index contributed by atoms with van der Waals surface area (Å²) in [7, 11) is 0. The third-order valence-electron chi connectivity index (χ3n) is 6.66. The van der Waals surface area contributed by atoms with Crippen LogP contribution in [0, 0.1) is 11.8 Å². The Kier molecular flexibility index (Phi) is 7.32. The van der Waals surface area contributed by atoms with Crippen LogP contribution >= 0.6 is 15.9 Å². The number of hydrogen-bond acceptors (Lipinski definition) is 3. The number of aromatic nitrogens is 2. The number of hydrogen-bond donors (Lipinski definition) is 0. The SMILES string of the molecule is CC(C)CCN(C(=O)C1CCCC1)C(C)c1nc2ccccc2c(=O)n1-c1ccc(Br)cc1. The summed E-state index contributed by atoms with van der Waals surface area (Å²) in [5.74, 6) is 1.36. The molecule has 0 aliphatic heterocycles. The van der Waals surface area contributed by atoms with Crippen LogP contribution in [0.3, 0.4) is 0 Å². The summed E-state index contributed by atoms with van der Waals surface area (Å²) < 4.78 is 2.63. The van der Waals surface area contributed by atoms with Crippen molar-refractivity contribution in [2.24, 2.45) is 11.8 Å². The molecular weight excluding hydrogens is 478 g/mol. The molecule has 1 saturated carbocycles. The Morgan fingerprint density at radius 2 is 1.76 bits per heavy atom. The molecule has 1 atom stereocenters. The minimum absolute atomic E-state index is 0.0768. The lowest BCUT2D eigenvalue weighted by atomic mass is 10.0. The van der Waals surface area contributed by atoms with Gasteiger partial charge in [0, 0.05) is 16.9 Å². The van der Waals surface area contributed by atoms with Crippen molar-refractivity contribution < 1.29 is 4.79 Å². The molecule has 2 aromatic carbocycles. The van der Waals surface area contributed by atoms with Gasteiger partial charge in [0.1, 0.15) is 5.82 Å². The molecule has 33 heavy (non-hydrogen) atoms. The van der Waals surface area contributed by atoms with Crippen LogP contribution in [-0.2, 0) is 4.79 Å². The molecule has 4 rings (SSSR count). The summed E-state index contributed by atoms with van der Waals surface area (Å²) in [5, 5.41) is 0.576. The molecule has 1 aliphatic carbocycles. The number of fused-ring (bicyclic) bond motifs is 1. The van der Waals surface area contributed by atoms with Crippen LogP contribution in [0.2, 0.25) is 0 Å². The summed E-state index contributed by atoms with van der Waals surface area (Å²) in [6.45, 7) is 7.03. The molecule has 0 saturated heterocycles. The van der Waals surface area contributed by atoms with Gasteiger partial charge in [0.2, 0.25) is 5.91 Å². The van der Waals surface area contributed by atoms with E-state index in [-0.39, 0.29) is 23.4 Å². The molecule has 0 radical (unpaired) electrons. The Balaban J connectivity index is 1.85. The monoisotopic (exact) mass is 509 g/mol. The number of halogens is 1. The highest BCUT2D eigenvalue weighted by Crippen LogP contribution is 2.31. The first kappa shape index (κ1) is 23.7. The predicted octanol–water partition coefficient (Wildman–Crippen LogP) is 6.27. The van der Waals surface area contributed by atoms with Gasteiger partial charge in [-0.15, -0.1) is 0 Å². The molecular formula is C27H32BrN3O2. The van der Waals surface area contributed by atoms with Gasteiger partial charge in [-0.3, -0.25) is 14.2 Å². The summed E-state index contributed by atoms with van der Waals surface area (Å²) >= 11 is 3.48. The van der Waals surface area contributed by atoms with Crippen LogP contribution in [0.25, 0.3) is 16.6 Å². The maximum atomic E-state index is 13.7. The van der Waals surface area contributed by atoms with E-state index < -0.39 is 0 Å². The second-order valence-corrected chi connectivity index (χ2v) is 10.4. The lowest BCUT2D eigenvalue weighted by Crippen LogP contribution is -2.41. The third-order valence-corrected chi connectivity index (χ3v) is 7.19. The Bertz CT molecular complexity index is 1180. The fourth-order valence-corrected chi connectivity index (χ4v) is 4.97. The maximum Gasteiger partial charge on any atom is 0.266 e. The van der Waals surface area contributed by atoms with Gasteiger partial charge in [-0.2, -0.15) is 0 Å². The smallest absolute Gasteiger partial charge is 0.266 e. The minimum Gasteiger partial charge on any atom is -0.333 e. The van der Waals surface area contributed by atoms with Gasteiger partial charge in [-0.05, 0) is 68.5 Å². The molecule has 6 heteroatoms. The second-order valence-electron chi connectivity index (χ2n) is 9.48. The van der Waals surface area contributed by atoms with Gasteiger partial charge >= 0.3 is 0 Å². The van der Waals surface area contributed by atoms with Gasteiger partial charge in [0.05, 0.1) is 22.6 Å². The van der Waals surface area contributed by atoms with Crippen molar-refractivity contribution >= 4 is 32.7 Å². The highest BCUT2D eigenvalue weighted by Gasteiger charge is 2.32. The Morgan fingerprint density at radius 3 is 2.42 bits per heavy atom. The largest absolute Gasteiger partial charge is 0.333 e. The summed E-state index contributed by atoms with van der Waals surface area (Å²) in [6, 6.07) is 14.8. The number of carbonyl (C=O) groups excluding carboxylic acids is 1. The Hall–Kier alpha value is -2.47. The molecule has 1 fully saturated rings. The van der Waals surface area contributed by atoms with E-state index in [1.54, 1.807) is 4.57 Å². The Labute approximate surface area is 204 Å². The number of nitrogens with zero attached hydrogens (tertiary/aromatic N) is 3. The minimum atomic E-state index is -0.321. The number of amides is 1. The third kappa shape index (κ3) is 5.06. The highest BCUT2D eigenvalue weighted by atomic mass is 79.9. The molecule has 0 spiro atoms. The van der Waals surface area contributed by atoms with Gasteiger partial charge in [-0.1, -0.05) is 54.8 Å². The molecule has 0 bridgehead atoms. The topological polar surface area (TPSA) is 55.2 Å². The van der Waals surface area contributed by atoms with Gasteiger partial charge in [0.15, 0.2) is 0 Å². The van der Waals surface area contributed by atoms with E-state index in [4.69, 9.17) is 4.98 Å².